The topological polar surface area (TPSA) is 46.9 Å². The van der Waals surface area contributed by atoms with Gasteiger partial charge < -0.3 is 5.32 Å². The van der Waals surface area contributed by atoms with Crippen molar-refractivity contribution >= 4 is 5.91 Å². The average molecular weight is 241 g/mol. The molecule has 2 rings (SSSR count). The van der Waals surface area contributed by atoms with Gasteiger partial charge in [0, 0.05) is 18.3 Å². The number of nitrogens with zero attached hydrogens (tertiary/aromatic N) is 2. The molecule has 4 nitrogen and oxygen atoms in total. The minimum atomic E-state index is -0.0717. The van der Waals surface area contributed by atoms with E-state index in [2.05, 4.69) is 17.0 Å². The van der Waals surface area contributed by atoms with E-state index in [1.807, 2.05) is 36.5 Å². The normalized spacial score (nSPS) is 10.0. The molecule has 0 radical (unpaired) electrons. The van der Waals surface area contributed by atoms with Crippen LogP contribution in [0.25, 0.3) is 11.1 Å². The Balaban J connectivity index is 2.02. The number of nitrogens with one attached hydrogen (secondary N) is 1. The first kappa shape index (κ1) is 12.1. The maximum Gasteiger partial charge on any atom is 0.241 e. The summed E-state index contributed by atoms with van der Waals surface area (Å²) < 4.78 is 1.63. The van der Waals surface area contributed by atoms with Gasteiger partial charge in [-0.3, -0.25) is 9.48 Å². The fourth-order valence-electron chi connectivity index (χ4n) is 1.62. The minimum Gasteiger partial charge on any atom is -0.351 e. The summed E-state index contributed by atoms with van der Waals surface area (Å²) >= 11 is 0. The average Bonchev–Trinajstić information content (AvgIpc) is 2.86. The number of aromatic nitrogens is 2. The van der Waals surface area contributed by atoms with Crippen molar-refractivity contribution in [2.45, 2.75) is 6.54 Å². The van der Waals surface area contributed by atoms with E-state index in [0.29, 0.717) is 6.54 Å². The third kappa shape index (κ3) is 3.07. The quantitative estimate of drug-likeness (QED) is 0.812. The Labute approximate surface area is 106 Å². The molecule has 1 aromatic carbocycles. The number of carbonyl (C=O) groups excluding carboxylic acids is 1. The highest BCUT2D eigenvalue weighted by Gasteiger charge is 2.04. The van der Waals surface area contributed by atoms with E-state index < -0.39 is 0 Å². The first-order valence-corrected chi connectivity index (χ1v) is 5.75. The minimum absolute atomic E-state index is 0.0717. The molecule has 0 saturated heterocycles. The summed E-state index contributed by atoms with van der Waals surface area (Å²) in [7, 11) is 0. The van der Waals surface area contributed by atoms with Gasteiger partial charge in [0.15, 0.2) is 0 Å². The number of rotatable bonds is 5. The number of benzene rings is 1. The summed E-state index contributed by atoms with van der Waals surface area (Å²) in [5.41, 5.74) is 2.10. The van der Waals surface area contributed by atoms with Crippen molar-refractivity contribution in [3.05, 3.63) is 55.4 Å². The Kier molecular flexibility index (Phi) is 3.91. The number of hydrogen-bond donors (Lipinski definition) is 1. The lowest BCUT2D eigenvalue weighted by atomic mass is 10.1. The summed E-state index contributed by atoms with van der Waals surface area (Å²) in [4.78, 5) is 11.5. The van der Waals surface area contributed by atoms with Gasteiger partial charge in [0.2, 0.25) is 5.91 Å². The van der Waals surface area contributed by atoms with Gasteiger partial charge in [-0.05, 0) is 5.56 Å². The van der Waals surface area contributed by atoms with Crippen LogP contribution in [0.15, 0.2) is 55.4 Å². The molecule has 0 unspecified atom stereocenters. The summed E-state index contributed by atoms with van der Waals surface area (Å²) in [6.07, 6.45) is 5.27. The van der Waals surface area contributed by atoms with Crippen LogP contribution in [-0.4, -0.2) is 22.2 Å². The zero-order valence-electron chi connectivity index (χ0n) is 10.0. The van der Waals surface area contributed by atoms with Gasteiger partial charge in [0.25, 0.3) is 0 Å². The van der Waals surface area contributed by atoms with E-state index in [-0.39, 0.29) is 12.5 Å². The molecule has 1 aromatic heterocycles. The lowest BCUT2D eigenvalue weighted by Crippen LogP contribution is -2.27. The molecule has 4 heteroatoms. The van der Waals surface area contributed by atoms with Gasteiger partial charge in [0.1, 0.15) is 6.54 Å². The van der Waals surface area contributed by atoms with Crippen LogP contribution in [0.1, 0.15) is 0 Å². The van der Waals surface area contributed by atoms with Crippen molar-refractivity contribution < 1.29 is 4.79 Å². The molecule has 0 bridgehead atoms. The summed E-state index contributed by atoms with van der Waals surface area (Å²) in [6.45, 7) is 4.25. The molecule has 0 atom stereocenters. The van der Waals surface area contributed by atoms with Crippen LogP contribution in [0.4, 0.5) is 0 Å². The number of carbonyl (C=O) groups is 1. The Morgan fingerprint density at radius 1 is 1.33 bits per heavy atom. The fourth-order valence-corrected chi connectivity index (χ4v) is 1.62. The number of hydrogen-bond acceptors (Lipinski definition) is 2. The zero-order valence-corrected chi connectivity index (χ0v) is 10.0. The van der Waals surface area contributed by atoms with Gasteiger partial charge in [-0.15, -0.1) is 6.58 Å². The molecule has 2 aromatic rings. The third-order valence-corrected chi connectivity index (χ3v) is 2.49. The van der Waals surface area contributed by atoms with Crippen molar-refractivity contribution in [2.24, 2.45) is 0 Å². The highest BCUT2D eigenvalue weighted by Crippen LogP contribution is 2.17. The molecule has 1 heterocycles. The van der Waals surface area contributed by atoms with Crippen LogP contribution < -0.4 is 5.32 Å². The van der Waals surface area contributed by atoms with E-state index >= 15 is 0 Å². The van der Waals surface area contributed by atoms with Gasteiger partial charge in [-0.2, -0.15) is 5.10 Å². The molecule has 0 fully saturated rings. The molecular weight excluding hydrogens is 226 g/mol. The van der Waals surface area contributed by atoms with Gasteiger partial charge in [0.05, 0.1) is 6.20 Å². The SMILES string of the molecule is C=CCNC(=O)Cn1cc(-c2ccccc2)cn1. The molecule has 1 N–H and O–H groups in total. The molecule has 0 aliphatic carbocycles. The van der Waals surface area contributed by atoms with Crippen LogP contribution in [0.3, 0.4) is 0 Å². The molecule has 0 saturated carbocycles. The Morgan fingerprint density at radius 3 is 2.83 bits per heavy atom. The van der Waals surface area contributed by atoms with Crippen molar-refractivity contribution in [3.63, 3.8) is 0 Å². The predicted octanol–water partition coefficient (Wildman–Crippen LogP) is 1.85. The van der Waals surface area contributed by atoms with Crippen LogP contribution >= 0.6 is 0 Å². The van der Waals surface area contributed by atoms with E-state index in [9.17, 15) is 4.79 Å². The van der Waals surface area contributed by atoms with Gasteiger partial charge in [-0.25, -0.2) is 0 Å². The van der Waals surface area contributed by atoms with Crippen molar-refractivity contribution in [2.75, 3.05) is 6.54 Å². The second-order valence-corrected chi connectivity index (χ2v) is 3.89. The zero-order chi connectivity index (χ0) is 12.8. The van der Waals surface area contributed by atoms with Gasteiger partial charge >= 0.3 is 0 Å². The fraction of sp³-hybridized carbons (Fsp3) is 0.143. The number of amides is 1. The molecule has 18 heavy (non-hydrogen) atoms. The maximum atomic E-state index is 11.5. The summed E-state index contributed by atoms with van der Waals surface area (Å²) in [5.74, 6) is -0.0717. The maximum absolute atomic E-state index is 11.5. The van der Waals surface area contributed by atoms with Crippen LogP contribution in [0.2, 0.25) is 0 Å². The Hall–Kier alpha value is -2.36. The second kappa shape index (κ2) is 5.82. The van der Waals surface area contributed by atoms with E-state index in [4.69, 9.17) is 0 Å². The molecule has 92 valence electrons. The van der Waals surface area contributed by atoms with Crippen molar-refractivity contribution in [1.29, 1.82) is 0 Å². The van der Waals surface area contributed by atoms with E-state index in [1.165, 1.54) is 0 Å². The second-order valence-electron chi connectivity index (χ2n) is 3.89. The van der Waals surface area contributed by atoms with Crippen LogP contribution in [0.5, 0.6) is 0 Å². The van der Waals surface area contributed by atoms with Gasteiger partial charge in [-0.1, -0.05) is 36.4 Å². The standard InChI is InChI=1S/C14H15N3O/c1-2-8-15-14(18)11-17-10-13(9-16-17)12-6-4-3-5-7-12/h2-7,9-10H,1,8,11H2,(H,15,18). The van der Waals surface area contributed by atoms with Crippen molar-refractivity contribution in [1.82, 2.24) is 15.1 Å². The lowest BCUT2D eigenvalue weighted by Gasteiger charge is -2.01. The van der Waals surface area contributed by atoms with E-state index in [1.54, 1.807) is 17.0 Å². The van der Waals surface area contributed by atoms with E-state index in [0.717, 1.165) is 11.1 Å². The molecular formula is C14H15N3O. The summed E-state index contributed by atoms with van der Waals surface area (Å²) in [5, 5.41) is 6.88. The molecule has 0 aliphatic rings. The largest absolute Gasteiger partial charge is 0.351 e. The third-order valence-electron chi connectivity index (χ3n) is 2.49. The highest BCUT2D eigenvalue weighted by atomic mass is 16.2. The first-order chi connectivity index (χ1) is 8.79. The highest BCUT2D eigenvalue weighted by molar-refractivity contribution is 5.76. The molecule has 0 spiro atoms. The first-order valence-electron chi connectivity index (χ1n) is 5.75. The molecule has 1 amide bonds. The smallest absolute Gasteiger partial charge is 0.241 e. The Morgan fingerprint density at radius 2 is 2.11 bits per heavy atom. The monoisotopic (exact) mass is 241 g/mol. The van der Waals surface area contributed by atoms with Crippen LogP contribution in [0, 0.1) is 0 Å². The lowest BCUT2D eigenvalue weighted by molar-refractivity contribution is -0.121. The predicted molar refractivity (Wildman–Crippen MR) is 70.9 cm³/mol. The summed E-state index contributed by atoms with van der Waals surface area (Å²) in [6, 6.07) is 9.95. The molecule has 0 aliphatic heterocycles. The van der Waals surface area contributed by atoms with Crippen molar-refractivity contribution in [3.8, 4) is 11.1 Å². The Bertz CT molecular complexity index is 531. The van der Waals surface area contributed by atoms with Crippen LogP contribution in [-0.2, 0) is 11.3 Å².